The molecule has 0 saturated carbocycles. The molecule has 0 aromatic heterocycles. The van der Waals surface area contributed by atoms with E-state index in [0.29, 0.717) is 33.2 Å². The van der Waals surface area contributed by atoms with Crippen molar-refractivity contribution < 1.29 is 33.0 Å². The van der Waals surface area contributed by atoms with E-state index in [1.54, 1.807) is 33.5 Å². The third-order valence-electron chi connectivity index (χ3n) is 4.21. The molecule has 2 radical (unpaired) electrons. The molecule has 0 amide bonds. The summed E-state index contributed by atoms with van der Waals surface area (Å²) in [7, 11) is 1.76. The average molecular weight is 499 g/mol. The van der Waals surface area contributed by atoms with Gasteiger partial charge in [-0.3, -0.25) is 0 Å². The van der Waals surface area contributed by atoms with Crippen molar-refractivity contribution in [1.82, 2.24) is 0 Å². The van der Waals surface area contributed by atoms with Crippen molar-refractivity contribution in [3.8, 4) is 17.2 Å². The van der Waals surface area contributed by atoms with Crippen molar-refractivity contribution in [2.75, 3.05) is 21.3 Å². The zero-order valence-electron chi connectivity index (χ0n) is 20.8. The SMILES string of the molecule is COc1cc(C=CC(=O)O)c(CCC[Si]C(O[Si](C)(C)C)O[Si](C)(C)C)c(OC)c1OC. The van der Waals surface area contributed by atoms with E-state index in [2.05, 4.69) is 39.3 Å². The van der Waals surface area contributed by atoms with Gasteiger partial charge in [0.25, 0.3) is 0 Å². The highest BCUT2D eigenvalue weighted by Crippen LogP contribution is 2.43. The van der Waals surface area contributed by atoms with Gasteiger partial charge in [0.1, 0.15) is 15.4 Å². The van der Waals surface area contributed by atoms with Crippen LogP contribution in [0.3, 0.4) is 0 Å². The first-order valence-electron chi connectivity index (χ1n) is 10.6. The smallest absolute Gasteiger partial charge is 0.328 e. The molecule has 0 unspecified atom stereocenters. The minimum absolute atomic E-state index is 0.160. The van der Waals surface area contributed by atoms with E-state index in [0.717, 1.165) is 29.7 Å². The lowest BCUT2D eigenvalue weighted by Gasteiger charge is -2.31. The molecule has 1 N–H and O–H groups in total. The Bertz CT molecular complexity index is 767. The largest absolute Gasteiger partial charge is 0.493 e. The molecule has 10 heteroatoms. The molecular weight excluding hydrogens is 460 g/mol. The van der Waals surface area contributed by atoms with Crippen molar-refractivity contribution in [1.29, 1.82) is 0 Å². The molecule has 0 saturated heterocycles. The van der Waals surface area contributed by atoms with Crippen LogP contribution >= 0.6 is 0 Å². The Hall–Kier alpha value is -1.60. The summed E-state index contributed by atoms with van der Waals surface area (Å²) in [6, 6.07) is 2.71. The maximum absolute atomic E-state index is 11.1. The lowest BCUT2D eigenvalue weighted by atomic mass is 10.00. The molecule has 1 aromatic rings. The molecule has 0 spiro atoms. The topological polar surface area (TPSA) is 83.5 Å². The van der Waals surface area contributed by atoms with E-state index < -0.39 is 22.6 Å². The fourth-order valence-electron chi connectivity index (χ4n) is 3.04. The second-order valence-corrected chi connectivity index (χ2v) is 19.5. The fourth-order valence-corrected chi connectivity index (χ4v) is 7.92. The minimum atomic E-state index is -1.72. The predicted octanol–water partition coefficient (Wildman–Crippen LogP) is 4.85. The summed E-state index contributed by atoms with van der Waals surface area (Å²) < 4.78 is 29.2. The fraction of sp³-hybridized carbons (Fsp3) is 0.591. The van der Waals surface area contributed by atoms with Crippen molar-refractivity contribution in [2.45, 2.75) is 64.1 Å². The highest BCUT2D eigenvalue weighted by atomic mass is 28.4. The van der Waals surface area contributed by atoms with Crippen LogP contribution in [0.5, 0.6) is 17.2 Å². The molecule has 0 aliphatic rings. The second-order valence-electron chi connectivity index (χ2n) is 9.23. The first-order chi connectivity index (χ1) is 14.8. The van der Waals surface area contributed by atoms with E-state index in [4.69, 9.17) is 28.2 Å². The Morgan fingerprint density at radius 2 is 1.56 bits per heavy atom. The zero-order valence-corrected chi connectivity index (χ0v) is 23.8. The lowest BCUT2D eigenvalue weighted by Crippen LogP contribution is -2.42. The quantitative estimate of drug-likeness (QED) is 0.170. The van der Waals surface area contributed by atoms with Gasteiger partial charge >= 0.3 is 5.97 Å². The van der Waals surface area contributed by atoms with Crippen LogP contribution in [0, 0.1) is 0 Å². The Balaban J connectivity index is 3.07. The molecule has 0 fully saturated rings. The number of benzene rings is 1. The van der Waals surface area contributed by atoms with Crippen LogP contribution in [0.4, 0.5) is 0 Å². The Labute approximate surface area is 197 Å². The summed E-state index contributed by atoms with van der Waals surface area (Å²) in [5.74, 6) is 0.385. The van der Waals surface area contributed by atoms with Crippen LogP contribution in [-0.4, -0.2) is 64.5 Å². The molecule has 32 heavy (non-hydrogen) atoms. The molecule has 1 rings (SSSR count). The number of carboxylic acids is 1. The zero-order chi connectivity index (χ0) is 24.5. The van der Waals surface area contributed by atoms with Crippen LogP contribution in [0.2, 0.25) is 45.3 Å². The van der Waals surface area contributed by atoms with Gasteiger partial charge in [0, 0.05) is 11.6 Å². The average Bonchev–Trinajstić information content (AvgIpc) is 2.66. The van der Waals surface area contributed by atoms with Crippen LogP contribution in [-0.2, 0) is 20.1 Å². The number of hydrogen-bond donors (Lipinski definition) is 1. The first kappa shape index (κ1) is 28.4. The van der Waals surface area contributed by atoms with E-state index in [9.17, 15) is 4.79 Å². The molecular formula is C22H38O7Si3. The van der Waals surface area contributed by atoms with Crippen molar-refractivity contribution >= 4 is 38.2 Å². The molecule has 0 bridgehead atoms. The standard InChI is InChI=1S/C22H38O7Si3/c1-25-18-15-16(12-13-19(23)24)17(20(26-2)21(18)27-3)11-10-14-30-22(28-31(4,5)6)29-32(7,8)9/h12-13,15,22H,10-11,14H2,1-9H3,(H,23,24). The van der Waals surface area contributed by atoms with Crippen LogP contribution in [0.25, 0.3) is 6.08 Å². The summed E-state index contributed by atoms with van der Waals surface area (Å²) >= 11 is 0. The van der Waals surface area contributed by atoms with Crippen LogP contribution < -0.4 is 14.2 Å². The number of carboxylic acid groups (broad SMARTS) is 1. The summed E-state index contributed by atoms with van der Waals surface area (Å²) in [5, 5.41) is 9.09. The van der Waals surface area contributed by atoms with Gasteiger partial charge in [-0.15, -0.1) is 0 Å². The lowest BCUT2D eigenvalue weighted by molar-refractivity contribution is -0.131. The van der Waals surface area contributed by atoms with Gasteiger partial charge in [0.05, 0.1) is 21.3 Å². The Morgan fingerprint density at radius 3 is 2.00 bits per heavy atom. The molecule has 1 aromatic carbocycles. The number of methoxy groups -OCH3 is 3. The minimum Gasteiger partial charge on any atom is -0.493 e. The van der Waals surface area contributed by atoms with Crippen LogP contribution in [0.15, 0.2) is 12.1 Å². The van der Waals surface area contributed by atoms with Gasteiger partial charge in [-0.1, -0.05) is 12.5 Å². The molecule has 0 aliphatic heterocycles. The maximum atomic E-state index is 11.1. The first-order valence-corrected chi connectivity index (χ1v) is 18.7. The number of hydrogen-bond acceptors (Lipinski definition) is 6. The monoisotopic (exact) mass is 498 g/mol. The van der Waals surface area contributed by atoms with Gasteiger partial charge in [0.2, 0.25) is 5.75 Å². The van der Waals surface area contributed by atoms with E-state index in [-0.39, 0.29) is 5.91 Å². The van der Waals surface area contributed by atoms with E-state index in [1.807, 2.05) is 0 Å². The maximum Gasteiger partial charge on any atom is 0.328 e. The molecule has 7 nitrogen and oxygen atoms in total. The van der Waals surface area contributed by atoms with Gasteiger partial charge in [0.15, 0.2) is 28.1 Å². The number of ether oxygens (including phenoxy) is 3. The third-order valence-corrected chi connectivity index (χ3v) is 7.73. The number of rotatable bonds is 14. The number of aliphatic carboxylic acids is 1. The van der Waals surface area contributed by atoms with Crippen LogP contribution in [0.1, 0.15) is 17.5 Å². The van der Waals surface area contributed by atoms with Crippen molar-refractivity contribution in [3.63, 3.8) is 0 Å². The summed E-state index contributed by atoms with van der Waals surface area (Å²) in [5.41, 5.74) is 1.62. The summed E-state index contributed by atoms with van der Waals surface area (Å²) in [4.78, 5) is 11.1. The molecule has 0 heterocycles. The van der Waals surface area contributed by atoms with Gasteiger partial charge in [-0.25, -0.2) is 4.79 Å². The predicted molar refractivity (Wildman–Crippen MR) is 134 cm³/mol. The number of carbonyl (C=O) groups is 1. The molecule has 0 aliphatic carbocycles. The normalized spacial score (nSPS) is 12.4. The Morgan fingerprint density at radius 1 is 1.00 bits per heavy atom. The third kappa shape index (κ3) is 9.90. The van der Waals surface area contributed by atoms with E-state index in [1.165, 1.54) is 0 Å². The van der Waals surface area contributed by atoms with E-state index >= 15 is 0 Å². The Kier molecular flexibility index (Phi) is 11.2. The second kappa shape index (κ2) is 12.6. The highest BCUT2D eigenvalue weighted by Gasteiger charge is 2.27. The summed E-state index contributed by atoms with van der Waals surface area (Å²) in [6.45, 7) is 13.0. The highest BCUT2D eigenvalue weighted by molar-refractivity contribution is 6.71. The van der Waals surface area contributed by atoms with Gasteiger partial charge in [-0.05, 0) is 63.4 Å². The van der Waals surface area contributed by atoms with Gasteiger partial charge < -0.3 is 28.2 Å². The summed E-state index contributed by atoms with van der Waals surface area (Å²) in [6.07, 6.45) is 4.25. The van der Waals surface area contributed by atoms with Crippen molar-refractivity contribution in [3.05, 3.63) is 23.3 Å². The van der Waals surface area contributed by atoms with Gasteiger partial charge in [-0.2, -0.15) is 0 Å². The molecule has 180 valence electrons. The molecule has 0 atom stereocenters. The van der Waals surface area contributed by atoms with Crippen molar-refractivity contribution in [2.24, 2.45) is 0 Å².